The number of carbonyl (C=O) groups excluding carboxylic acids is 1. The summed E-state index contributed by atoms with van der Waals surface area (Å²) in [5.74, 6) is -0.356. The fraction of sp³-hybridized carbons (Fsp3) is 0.273. The van der Waals surface area contributed by atoms with E-state index >= 15 is 0 Å². The zero-order chi connectivity index (χ0) is 12.9. The van der Waals surface area contributed by atoms with Crippen molar-refractivity contribution in [1.29, 1.82) is 5.26 Å². The number of halogens is 3. The Kier molecular flexibility index (Phi) is 4.10. The van der Waals surface area contributed by atoms with E-state index in [0.29, 0.717) is 0 Å². The summed E-state index contributed by atoms with van der Waals surface area (Å²) in [5, 5.41) is 8.31. The zero-order valence-corrected chi connectivity index (χ0v) is 8.62. The molecule has 1 rings (SSSR count). The molecule has 3 nitrogen and oxygen atoms in total. The highest BCUT2D eigenvalue weighted by atomic mass is 19.4. The second-order valence-corrected chi connectivity index (χ2v) is 3.19. The molecule has 0 N–H and O–H groups in total. The van der Waals surface area contributed by atoms with Crippen LogP contribution in [0.5, 0.6) is 5.75 Å². The Balaban J connectivity index is 2.63. The van der Waals surface area contributed by atoms with Gasteiger partial charge in [0, 0.05) is 5.56 Å². The standard InChI is InChI=1S/C11H8F3NO2/c12-11(13,14)7-17-9-3-1-8(2-4-9)10(16)5-6-15/h1-4H,5,7H2. The molecule has 0 aliphatic heterocycles. The third-order valence-electron chi connectivity index (χ3n) is 1.82. The predicted octanol–water partition coefficient (Wildman–Crippen LogP) is 2.72. The lowest BCUT2D eigenvalue weighted by Crippen LogP contribution is -2.19. The summed E-state index contributed by atoms with van der Waals surface area (Å²) in [7, 11) is 0. The van der Waals surface area contributed by atoms with Crippen molar-refractivity contribution in [2.75, 3.05) is 6.61 Å². The van der Waals surface area contributed by atoms with Crippen LogP contribution in [-0.4, -0.2) is 18.6 Å². The van der Waals surface area contributed by atoms with E-state index in [2.05, 4.69) is 4.74 Å². The number of nitriles is 1. The number of alkyl halides is 3. The first-order chi connectivity index (χ1) is 7.92. The fourth-order valence-corrected chi connectivity index (χ4v) is 1.08. The van der Waals surface area contributed by atoms with Crippen LogP contribution in [0, 0.1) is 11.3 Å². The van der Waals surface area contributed by atoms with Crippen LogP contribution < -0.4 is 4.74 Å². The van der Waals surface area contributed by atoms with Crippen molar-refractivity contribution >= 4 is 5.78 Å². The molecule has 0 fully saturated rings. The molecule has 0 saturated carbocycles. The van der Waals surface area contributed by atoms with Gasteiger partial charge >= 0.3 is 6.18 Å². The molecule has 0 bridgehead atoms. The van der Waals surface area contributed by atoms with E-state index < -0.39 is 12.8 Å². The van der Waals surface area contributed by atoms with Crippen LogP contribution in [0.1, 0.15) is 16.8 Å². The largest absolute Gasteiger partial charge is 0.484 e. The van der Waals surface area contributed by atoms with E-state index in [9.17, 15) is 18.0 Å². The topological polar surface area (TPSA) is 50.1 Å². The zero-order valence-electron chi connectivity index (χ0n) is 8.62. The maximum absolute atomic E-state index is 11.8. The van der Waals surface area contributed by atoms with Gasteiger partial charge in [-0.1, -0.05) is 0 Å². The van der Waals surface area contributed by atoms with Gasteiger partial charge in [0.2, 0.25) is 0 Å². The molecule has 0 spiro atoms. The molecule has 0 aliphatic rings. The molecule has 90 valence electrons. The highest BCUT2D eigenvalue weighted by molar-refractivity contribution is 5.97. The Bertz CT molecular complexity index is 432. The maximum Gasteiger partial charge on any atom is 0.422 e. The number of rotatable bonds is 4. The van der Waals surface area contributed by atoms with Crippen molar-refractivity contribution in [1.82, 2.24) is 0 Å². The Labute approximate surface area is 95.4 Å². The average Bonchev–Trinajstić information content (AvgIpc) is 2.26. The number of Topliss-reactive ketones (excluding diaryl/α,β-unsaturated/α-hetero) is 1. The smallest absolute Gasteiger partial charge is 0.422 e. The van der Waals surface area contributed by atoms with Crippen molar-refractivity contribution in [3.05, 3.63) is 29.8 Å². The molecule has 1 aromatic rings. The molecule has 17 heavy (non-hydrogen) atoms. The lowest BCUT2D eigenvalue weighted by molar-refractivity contribution is -0.153. The molecular weight excluding hydrogens is 235 g/mol. The van der Waals surface area contributed by atoms with Crippen LogP contribution in [0.15, 0.2) is 24.3 Å². The molecule has 0 aliphatic carbocycles. The number of ether oxygens (including phenoxy) is 1. The lowest BCUT2D eigenvalue weighted by atomic mass is 10.1. The van der Waals surface area contributed by atoms with Gasteiger partial charge in [0.1, 0.15) is 5.75 Å². The van der Waals surface area contributed by atoms with Crippen LogP contribution in [-0.2, 0) is 0 Å². The minimum Gasteiger partial charge on any atom is -0.484 e. The van der Waals surface area contributed by atoms with Crippen molar-refractivity contribution in [3.8, 4) is 11.8 Å². The molecule has 0 unspecified atom stereocenters. The Morgan fingerprint density at radius 3 is 2.35 bits per heavy atom. The molecule has 6 heteroatoms. The van der Waals surface area contributed by atoms with Gasteiger partial charge in [-0.15, -0.1) is 0 Å². The quantitative estimate of drug-likeness (QED) is 0.764. The minimum absolute atomic E-state index is 0.0239. The molecule has 0 radical (unpaired) electrons. The molecular formula is C11H8F3NO2. The van der Waals surface area contributed by atoms with Gasteiger partial charge in [0.25, 0.3) is 0 Å². The SMILES string of the molecule is N#CCC(=O)c1ccc(OCC(F)(F)F)cc1. The van der Waals surface area contributed by atoms with Gasteiger partial charge in [-0.05, 0) is 24.3 Å². The number of ketones is 1. The highest BCUT2D eigenvalue weighted by Crippen LogP contribution is 2.19. The number of hydrogen-bond donors (Lipinski definition) is 0. The van der Waals surface area contributed by atoms with E-state index in [-0.39, 0.29) is 23.5 Å². The van der Waals surface area contributed by atoms with E-state index in [0.717, 1.165) is 0 Å². The van der Waals surface area contributed by atoms with Crippen molar-refractivity contribution < 1.29 is 22.7 Å². The van der Waals surface area contributed by atoms with Gasteiger partial charge < -0.3 is 4.74 Å². The summed E-state index contributed by atoms with van der Waals surface area (Å²) in [6.07, 6.45) is -4.65. The Morgan fingerprint density at radius 2 is 1.88 bits per heavy atom. The second kappa shape index (κ2) is 5.34. The third kappa shape index (κ3) is 4.55. The van der Waals surface area contributed by atoms with Crippen molar-refractivity contribution in [2.24, 2.45) is 0 Å². The van der Waals surface area contributed by atoms with Gasteiger partial charge in [0.15, 0.2) is 12.4 Å². The molecule has 0 heterocycles. The first-order valence-corrected chi connectivity index (χ1v) is 4.62. The molecule has 0 amide bonds. The molecule has 1 aromatic carbocycles. The van der Waals surface area contributed by atoms with Gasteiger partial charge in [0.05, 0.1) is 12.5 Å². The summed E-state index contributed by atoms with van der Waals surface area (Å²) in [5.41, 5.74) is 0.269. The van der Waals surface area contributed by atoms with Crippen LogP contribution >= 0.6 is 0 Å². The molecule has 0 saturated heterocycles. The number of benzene rings is 1. The fourth-order valence-electron chi connectivity index (χ4n) is 1.08. The van der Waals surface area contributed by atoms with Crippen LogP contribution in [0.25, 0.3) is 0 Å². The lowest BCUT2D eigenvalue weighted by Gasteiger charge is -2.09. The van der Waals surface area contributed by atoms with Crippen LogP contribution in [0.2, 0.25) is 0 Å². The van der Waals surface area contributed by atoms with E-state index in [1.54, 1.807) is 6.07 Å². The summed E-state index contributed by atoms with van der Waals surface area (Å²) in [6.45, 7) is -1.38. The number of carbonyl (C=O) groups is 1. The number of nitrogens with zero attached hydrogens (tertiary/aromatic N) is 1. The third-order valence-corrected chi connectivity index (χ3v) is 1.82. The van der Waals surface area contributed by atoms with Gasteiger partial charge in [-0.25, -0.2) is 0 Å². The van der Waals surface area contributed by atoms with E-state index in [1.165, 1.54) is 24.3 Å². The van der Waals surface area contributed by atoms with Gasteiger partial charge in [-0.2, -0.15) is 18.4 Å². The monoisotopic (exact) mass is 243 g/mol. The summed E-state index contributed by atoms with van der Waals surface area (Å²) < 4.78 is 40.0. The van der Waals surface area contributed by atoms with Gasteiger partial charge in [-0.3, -0.25) is 4.79 Å². The summed E-state index contributed by atoms with van der Waals surface area (Å²) >= 11 is 0. The van der Waals surface area contributed by atoms with Crippen LogP contribution in [0.4, 0.5) is 13.2 Å². The average molecular weight is 243 g/mol. The highest BCUT2D eigenvalue weighted by Gasteiger charge is 2.28. The molecule has 0 aromatic heterocycles. The Morgan fingerprint density at radius 1 is 1.29 bits per heavy atom. The first kappa shape index (κ1) is 13.0. The maximum atomic E-state index is 11.8. The predicted molar refractivity (Wildman–Crippen MR) is 52.6 cm³/mol. The summed E-state index contributed by atoms with van der Waals surface area (Å²) in [6, 6.07) is 6.87. The molecule has 0 atom stereocenters. The number of hydrogen-bond acceptors (Lipinski definition) is 3. The van der Waals surface area contributed by atoms with Crippen molar-refractivity contribution in [3.63, 3.8) is 0 Å². The summed E-state index contributed by atoms with van der Waals surface area (Å²) in [4.78, 5) is 11.2. The van der Waals surface area contributed by atoms with Crippen molar-refractivity contribution in [2.45, 2.75) is 12.6 Å². The Hall–Kier alpha value is -2.03. The van der Waals surface area contributed by atoms with E-state index in [1.807, 2.05) is 0 Å². The second-order valence-electron chi connectivity index (χ2n) is 3.19. The first-order valence-electron chi connectivity index (χ1n) is 4.62. The normalized spacial score (nSPS) is 10.7. The van der Waals surface area contributed by atoms with Crippen LogP contribution in [0.3, 0.4) is 0 Å². The minimum atomic E-state index is -4.39. The van der Waals surface area contributed by atoms with E-state index in [4.69, 9.17) is 5.26 Å².